The second kappa shape index (κ2) is 5.92. The van der Waals surface area contributed by atoms with E-state index in [0.29, 0.717) is 33.8 Å². The quantitative estimate of drug-likeness (QED) is 0.333. The van der Waals surface area contributed by atoms with Crippen molar-refractivity contribution in [2.75, 3.05) is 0 Å². The molecule has 4 aromatic rings. The molecule has 1 aliphatic carbocycles. The maximum absolute atomic E-state index is 12.7. The SMILES string of the molecule is Cc1cc2c(cc1C)C(=O)C(=Cc1cc3oc(-c4ccccc4)cc3o1)C2=O. The van der Waals surface area contributed by atoms with Crippen molar-refractivity contribution >= 4 is 28.8 Å². The minimum atomic E-state index is -0.263. The summed E-state index contributed by atoms with van der Waals surface area (Å²) in [5.74, 6) is 0.605. The van der Waals surface area contributed by atoms with Gasteiger partial charge in [0.1, 0.15) is 11.5 Å². The van der Waals surface area contributed by atoms with Crippen molar-refractivity contribution in [3.63, 3.8) is 0 Å². The predicted molar refractivity (Wildman–Crippen MR) is 106 cm³/mol. The van der Waals surface area contributed by atoms with Crippen LogP contribution in [0.3, 0.4) is 0 Å². The van der Waals surface area contributed by atoms with Crippen LogP contribution in [0, 0.1) is 13.8 Å². The summed E-state index contributed by atoms with van der Waals surface area (Å²) >= 11 is 0. The minimum Gasteiger partial charge on any atom is -0.453 e. The zero-order valence-corrected chi connectivity index (χ0v) is 15.4. The molecule has 0 saturated heterocycles. The number of Topliss-reactive ketones (excluding diaryl/α,β-unsaturated/α-hetero) is 2. The third-order valence-electron chi connectivity index (χ3n) is 5.18. The van der Waals surface area contributed by atoms with Crippen molar-refractivity contribution in [1.29, 1.82) is 0 Å². The Morgan fingerprint density at radius 1 is 0.750 bits per heavy atom. The summed E-state index contributed by atoms with van der Waals surface area (Å²) in [5.41, 5.74) is 5.13. The highest BCUT2D eigenvalue weighted by Gasteiger charge is 2.33. The van der Waals surface area contributed by atoms with E-state index in [1.54, 1.807) is 18.2 Å². The van der Waals surface area contributed by atoms with Gasteiger partial charge in [-0.05, 0) is 43.2 Å². The Kier molecular flexibility index (Phi) is 3.49. The molecule has 1 aliphatic rings. The summed E-state index contributed by atoms with van der Waals surface area (Å²) in [6.45, 7) is 3.86. The number of carbonyl (C=O) groups excluding carboxylic acids is 2. The smallest absolute Gasteiger partial charge is 0.197 e. The molecule has 4 nitrogen and oxygen atoms in total. The van der Waals surface area contributed by atoms with Gasteiger partial charge in [0, 0.05) is 28.8 Å². The Morgan fingerprint density at radius 3 is 1.96 bits per heavy atom. The van der Waals surface area contributed by atoms with Crippen LogP contribution in [0.4, 0.5) is 0 Å². The van der Waals surface area contributed by atoms with Crippen molar-refractivity contribution in [3.05, 3.63) is 88.2 Å². The van der Waals surface area contributed by atoms with Crippen molar-refractivity contribution in [2.24, 2.45) is 0 Å². The fourth-order valence-corrected chi connectivity index (χ4v) is 3.53. The van der Waals surface area contributed by atoms with Crippen LogP contribution in [0.2, 0.25) is 0 Å². The summed E-state index contributed by atoms with van der Waals surface area (Å²) in [6.07, 6.45) is 1.51. The number of hydrogen-bond acceptors (Lipinski definition) is 4. The lowest BCUT2D eigenvalue weighted by molar-refractivity contribution is 0.0990. The van der Waals surface area contributed by atoms with Gasteiger partial charge in [-0.3, -0.25) is 9.59 Å². The summed E-state index contributed by atoms with van der Waals surface area (Å²) in [4.78, 5) is 25.4. The molecule has 0 N–H and O–H groups in total. The highest BCUT2D eigenvalue weighted by atomic mass is 16.4. The van der Waals surface area contributed by atoms with E-state index in [1.165, 1.54) is 6.08 Å². The van der Waals surface area contributed by atoms with Crippen molar-refractivity contribution in [1.82, 2.24) is 0 Å². The van der Waals surface area contributed by atoms with Gasteiger partial charge in [-0.1, -0.05) is 30.3 Å². The van der Waals surface area contributed by atoms with Crippen LogP contribution in [0.25, 0.3) is 28.6 Å². The number of fused-ring (bicyclic) bond motifs is 2. The average molecular weight is 368 g/mol. The molecule has 28 heavy (non-hydrogen) atoms. The van der Waals surface area contributed by atoms with Crippen LogP contribution in [0.15, 0.2) is 69.0 Å². The first-order chi connectivity index (χ1) is 13.5. The van der Waals surface area contributed by atoms with E-state index >= 15 is 0 Å². The van der Waals surface area contributed by atoms with E-state index in [-0.39, 0.29) is 17.1 Å². The number of aryl methyl sites for hydroxylation is 2. The second-order valence-electron chi connectivity index (χ2n) is 7.05. The van der Waals surface area contributed by atoms with Crippen LogP contribution >= 0.6 is 0 Å². The molecule has 0 unspecified atom stereocenters. The maximum atomic E-state index is 12.7. The number of furan rings is 2. The molecule has 0 radical (unpaired) electrons. The third kappa shape index (κ3) is 2.46. The fourth-order valence-electron chi connectivity index (χ4n) is 3.53. The van der Waals surface area contributed by atoms with Gasteiger partial charge in [0.25, 0.3) is 0 Å². The van der Waals surface area contributed by atoms with E-state index in [1.807, 2.05) is 50.2 Å². The Balaban J connectivity index is 1.53. The number of allylic oxidation sites excluding steroid dienone is 1. The average Bonchev–Trinajstić information content (AvgIpc) is 3.31. The molecular weight excluding hydrogens is 352 g/mol. The highest BCUT2D eigenvalue weighted by Crippen LogP contribution is 2.33. The van der Waals surface area contributed by atoms with E-state index in [9.17, 15) is 9.59 Å². The zero-order chi connectivity index (χ0) is 19.4. The van der Waals surface area contributed by atoms with Crippen molar-refractivity contribution in [2.45, 2.75) is 13.8 Å². The van der Waals surface area contributed by atoms with Crippen LogP contribution < -0.4 is 0 Å². The zero-order valence-electron chi connectivity index (χ0n) is 15.4. The van der Waals surface area contributed by atoms with Crippen LogP contribution in [-0.4, -0.2) is 11.6 Å². The monoisotopic (exact) mass is 368 g/mol. The van der Waals surface area contributed by atoms with Gasteiger partial charge in [-0.15, -0.1) is 0 Å². The first-order valence-corrected chi connectivity index (χ1v) is 9.02. The molecule has 136 valence electrons. The first kappa shape index (κ1) is 16.5. The fraction of sp³-hybridized carbons (Fsp3) is 0.0833. The van der Waals surface area contributed by atoms with Crippen LogP contribution in [-0.2, 0) is 0 Å². The Hall–Kier alpha value is -3.66. The molecule has 0 saturated carbocycles. The summed E-state index contributed by atoms with van der Waals surface area (Å²) in [7, 11) is 0. The van der Waals surface area contributed by atoms with Gasteiger partial charge in [-0.25, -0.2) is 0 Å². The molecule has 0 spiro atoms. The highest BCUT2D eigenvalue weighted by molar-refractivity contribution is 6.41. The van der Waals surface area contributed by atoms with Crippen molar-refractivity contribution in [3.8, 4) is 11.3 Å². The van der Waals surface area contributed by atoms with Crippen LogP contribution in [0.1, 0.15) is 37.6 Å². The molecule has 5 rings (SSSR count). The minimum absolute atomic E-state index is 0.125. The topological polar surface area (TPSA) is 60.4 Å². The van der Waals surface area contributed by atoms with E-state index in [0.717, 1.165) is 16.7 Å². The number of ketones is 2. The predicted octanol–water partition coefficient (Wildman–Crippen LogP) is 5.77. The molecule has 2 aromatic heterocycles. The lowest BCUT2D eigenvalue weighted by Gasteiger charge is -2.01. The normalized spacial score (nSPS) is 13.4. The number of rotatable bonds is 2. The van der Waals surface area contributed by atoms with Gasteiger partial charge >= 0.3 is 0 Å². The first-order valence-electron chi connectivity index (χ1n) is 9.02. The molecule has 2 heterocycles. The van der Waals surface area contributed by atoms with Gasteiger partial charge in [0.2, 0.25) is 0 Å². The Labute approximate surface area is 161 Å². The van der Waals surface area contributed by atoms with E-state index < -0.39 is 0 Å². The maximum Gasteiger partial charge on any atom is 0.197 e. The third-order valence-corrected chi connectivity index (χ3v) is 5.18. The number of hydrogen-bond donors (Lipinski definition) is 0. The van der Waals surface area contributed by atoms with Gasteiger partial charge < -0.3 is 8.83 Å². The number of benzene rings is 2. The molecule has 0 bridgehead atoms. The van der Waals surface area contributed by atoms with Gasteiger partial charge in [0.15, 0.2) is 22.7 Å². The van der Waals surface area contributed by atoms with E-state index in [2.05, 4.69) is 0 Å². The van der Waals surface area contributed by atoms with Crippen LogP contribution in [0.5, 0.6) is 0 Å². The molecular formula is C24H16O4. The lowest BCUT2D eigenvalue weighted by atomic mass is 10.0. The molecule has 2 aromatic carbocycles. The standard InChI is InChI=1S/C24H16O4/c1-13-8-17-18(9-14(13)2)24(26)19(23(17)25)10-16-11-21-22(27-16)12-20(28-21)15-6-4-3-5-7-15/h3-12H,1-2H3. The Morgan fingerprint density at radius 2 is 1.36 bits per heavy atom. The molecule has 0 aliphatic heterocycles. The van der Waals surface area contributed by atoms with E-state index in [4.69, 9.17) is 8.83 Å². The Bertz CT molecular complexity index is 1220. The van der Waals surface area contributed by atoms with Gasteiger partial charge in [-0.2, -0.15) is 0 Å². The summed E-state index contributed by atoms with van der Waals surface area (Å²) < 4.78 is 11.7. The van der Waals surface area contributed by atoms with Crippen molar-refractivity contribution < 1.29 is 18.4 Å². The summed E-state index contributed by atoms with van der Waals surface area (Å²) in [6, 6.07) is 16.8. The van der Waals surface area contributed by atoms with Gasteiger partial charge in [0.05, 0.1) is 5.57 Å². The number of carbonyl (C=O) groups is 2. The lowest BCUT2D eigenvalue weighted by Crippen LogP contribution is -1.99. The molecule has 4 heteroatoms. The largest absolute Gasteiger partial charge is 0.453 e. The molecule has 0 atom stereocenters. The molecule has 0 amide bonds. The molecule has 0 fully saturated rings. The summed E-state index contributed by atoms with van der Waals surface area (Å²) in [5, 5.41) is 0. The second-order valence-corrected chi connectivity index (χ2v) is 7.05.